The van der Waals surface area contributed by atoms with Gasteiger partial charge in [0.25, 0.3) is 11.5 Å². The van der Waals surface area contributed by atoms with Crippen molar-refractivity contribution in [1.29, 1.82) is 0 Å². The number of carbonyl (C=O) groups is 2. The number of amides is 2. The molecule has 7 heteroatoms. The van der Waals surface area contributed by atoms with Gasteiger partial charge in [0, 0.05) is 25.1 Å². The van der Waals surface area contributed by atoms with E-state index in [1.54, 1.807) is 22.8 Å². The smallest absolute Gasteiger partial charge is 0.261 e. The first-order chi connectivity index (χ1) is 13.1. The summed E-state index contributed by atoms with van der Waals surface area (Å²) in [4.78, 5) is 41.4. The van der Waals surface area contributed by atoms with Gasteiger partial charge in [-0.3, -0.25) is 19.0 Å². The van der Waals surface area contributed by atoms with Crippen LogP contribution >= 0.6 is 0 Å². The molecule has 27 heavy (non-hydrogen) atoms. The number of nitrogens with one attached hydrogen (secondary N) is 2. The molecule has 2 amide bonds. The fourth-order valence-electron chi connectivity index (χ4n) is 3.33. The molecule has 1 aliphatic rings. The molecule has 144 valence electrons. The van der Waals surface area contributed by atoms with Gasteiger partial charge in [-0.1, -0.05) is 19.8 Å². The number of rotatable bonds is 5. The van der Waals surface area contributed by atoms with Crippen LogP contribution < -0.4 is 16.2 Å². The number of aromatic nitrogens is 2. The lowest BCUT2D eigenvalue weighted by Crippen LogP contribution is -2.37. The van der Waals surface area contributed by atoms with Crippen LogP contribution in [0.25, 0.3) is 10.9 Å². The molecule has 3 rings (SSSR count). The zero-order valence-corrected chi connectivity index (χ0v) is 15.7. The highest BCUT2D eigenvalue weighted by Crippen LogP contribution is 2.16. The van der Waals surface area contributed by atoms with Crippen LogP contribution in [-0.2, 0) is 17.8 Å². The number of nitrogens with zero attached hydrogens (tertiary/aromatic N) is 2. The Balaban J connectivity index is 1.82. The van der Waals surface area contributed by atoms with Gasteiger partial charge in [-0.2, -0.15) is 0 Å². The first-order valence-electron chi connectivity index (χ1n) is 9.68. The van der Waals surface area contributed by atoms with E-state index in [1.807, 2.05) is 6.92 Å². The topological polar surface area (TPSA) is 93.1 Å². The second-order valence-electron chi connectivity index (χ2n) is 6.91. The maximum absolute atomic E-state index is 12.8. The molecule has 2 N–H and O–H groups in total. The fourth-order valence-corrected chi connectivity index (χ4v) is 3.33. The maximum atomic E-state index is 12.8. The molecular formula is C20H26N4O3. The summed E-state index contributed by atoms with van der Waals surface area (Å²) in [7, 11) is 0. The molecule has 1 aromatic heterocycles. The van der Waals surface area contributed by atoms with Gasteiger partial charge in [-0.15, -0.1) is 0 Å². The van der Waals surface area contributed by atoms with Gasteiger partial charge in [0.1, 0.15) is 5.82 Å². The van der Waals surface area contributed by atoms with E-state index in [2.05, 4.69) is 15.6 Å². The number of carbonyl (C=O) groups excluding carboxylic acids is 2. The minimum absolute atomic E-state index is 0.0391. The van der Waals surface area contributed by atoms with Gasteiger partial charge < -0.3 is 10.6 Å². The molecule has 1 aliphatic heterocycles. The Labute approximate surface area is 158 Å². The van der Waals surface area contributed by atoms with E-state index in [0.717, 1.165) is 44.3 Å². The number of hydrogen-bond donors (Lipinski definition) is 2. The molecule has 0 aliphatic carbocycles. The molecule has 0 spiro atoms. The molecule has 0 bridgehead atoms. The summed E-state index contributed by atoms with van der Waals surface area (Å²) in [6, 6.07) is 4.90. The second-order valence-corrected chi connectivity index (χ2v) is 6.91. The van der Waals surface area contributed by atoms with Crippen LogP contribution in [0.2, 0.25) is 0 Å². The number of fused-ring (bicyclic) bond motifs is 2. The average molecular weight is 370 g/mol. The predicted octanol–water partition coefficient (Wildman–Crippen LogP) is 1.77. The van der Waals surface area contributed by atoms with Crippen LogP contribution in [0.1, 0.15) is 55.2 Å². The van der Waals surface area contributed by atoms with Crippen LogP contribution in [0.4, 0.5) is 0 Å². The van der Waals surface area contributed by atoms with Gasteiger partial charge in [0.15, 0.2) is 0 Å². The van der Waals surface area contributed by atoms with Crippen molar-refractivity contribution in [1.82, 2.24) is 20.2 Å². The molecule has 0 unspecified atom stereocenters. The van der Waals surface area contributed by atoms with Crippen LogP contribution in [0, 0.1) is 0 Å². The summed E-state index contributed by atoms with van der Waals surface area (Å²) in [5.41, 5.74) is 0.895. The van der Waals surface area contributed by atoms with Crippen LogP contribution in [-0.4, -0.2) is 34.5 Å². The third-order valence-electron chi connectivity index (χ3n) is 4.81. The molecule has 0 saturated heterocycles. The van der Waals surface area contributed by atoms with Gasteiger partial charge in [0.2, 0.25) is 5.91 Å². The molecule has 0 radical (unpaired) electrons. The largest absolute Gasteiger partial charge is 0.355 e. The number of hydrogen-bond acceptors (Lipinski definition) is 4. The minimum Gasteiger partial charge on any atom is -0.355 e. The third kappa shape index (κ3) is 4.53. The van der Waals surface area contributed by atoms with E-state index < -0.39 is 0 Å². The Bertz CT molecular complexity index is 904. The first-order valence-corrected chi connectivity index (χ1v) is 9.68. The predicted molar refractivity (Wildman–Crippen MR) is 104 cm³/mol. The van der Waals surface area contributed by atoms with E-state index in [4.69, 9.17) is 0 Å². The second kappa shape index (κ2) is 8.79. The first kappa shape index (κ1) is 19.1. The fraction of sp³-hybridized carbons (Fsp3) is 0.500. The van der Waals surface area contributed by atoms with Gasteiger partial charge in [0.05, 0.1) is 17.4 Å². The van der Waals surface area contributed by atoms with E-state index in [-0.39, 0.29) is 23.9 Å². The zero-order valence-electron chi connectivity index (χ0n) is 15.7. The van der Waals surface area contributed by atoms with Crippen molar-refractivity contribution in [2.75, 3.05) is 13.1 Å². The molecule has 0 atom stereocenters. The Morgan fingerprint density at radius 2 is 1.96 bits per heavy atom. The minimum atomic E-state index is -0.350. The Hall–Kier alpha value is -2.70. The van der Waals surface area contributed by atoms with Crippen molar-refractivity contribution < 1.29 is 9.59 Å². The van der Waals surface area contributed by atoms with Crippen molar-refractivity contribution in [2.24, 2.45) is 0 Å². The summed E-state index contributed by atoms with van der Waals surface area (Å²) in [6.45, 7) is 3.18. The van der Waals surface area contributed by atoms with Crippen LogP contribution in [0.5, 0.6) is 0 Å². The highest BCUT2D eigenvalue weighted by molar-refractivity contribution is 5.99. The lowest BCUT2D eigenvalue weighted by atomic mass is 10.1. The SMILES string of the molecule is CCCNC(=O)CNC(=O)c1ccc2c(=O)n3c(nc2c1)CCCCCC3. The molecule has 2 heterocycles. The van der Waals surface area contributed by atoms with Crippen LogP contribution in [0.15, 0.2) is 23.0 Å². The normalized spacial score (nSPS) is 14.1. The standard InChI is InChI=1S/C20H26N4O3/c1-2-10-21-18(25)13-22-19(26)14-8-9-15-16(12-14)23-17-7-5-3-4-6-11-24(17)20(15)27/h8-9,12H,2-7,10-11,13H2,1H3,(H,21,25)(H,22,26). The quantitative estimate of drug-likeness (QED) is 0.839. The lowest BCUT2D eigenvalue weighted by molar-refractivity contribution is -0.120. The van der Waals surface area contributed by atoms with Crippen molar-refractivity contribution in [2.45, 2.75) is 52.0 Å². The molecular weight excluding hydrogens is 344 g/mol. The summed E-state index contributed by atoms with van der Waals surface area (Å²) >= 11 is 0. The van der Waals surface area contributed by atoms with Gasteiger partial charge >= 0.3 is 0 Å². The van der Waals surface area contributed by atoms with Crippen molar-refractivity contribution in [3.63, 3.8) is 0 Å². The highest BCUT2D eigenvalue weighted by Gasteiger charge is 2.15. The number of aryl methyl sites for hydroxylation is 1. The van der Waals surface area contributed by atoms with E-state index >= 15 is 0 Å². The maximum Gasteiger partial charge on any atom is 0.261 e. The third-order valence-corrected chi connectivity index (χ3v) is 4.81. The summed E-state index contributed by atoms with van der Waals surface area (Å²) in [6.07, 6.45) is 5.91. The Morgan fingerprint density at radius 1 is 1.15 bits per heavy atom. The summed E-state index contributed by atoms with van der Waals surface area (Å²) in [5.74, 6) is 0.227. The molecule has 7 nitrogen and oxygen atoms in total. The molecule has 0 fully saturated rings. The lowest BCUT2D eigenvalue weighted by Gasteiger charge is -2.16. The van der Waals surface area contributed by atoms with Crippen molar-refractivity contribution >= 4 is 22.7 Å². The number of benzene rings is 1. The molecule has 2 aromatic rings. The van der Waals surface area contributed by atoms with Crippen LogP contribution in [0.3, 0.4) is 0 Å². The monoisotopic (exact) mass is 370 g/mol. The average Bonchev–Trinajstić information content (AvgIpc) is 2.65. The Kier molecular flexibility index (Phi) is 6.21. The Morgan fingerprint density at radius 3 is 2.78 bits per heavy atom. The van der Waals surface area contributed by atoms with Crippen molar-refractivity contribution in [3.05, 3.63) is 39.9 Å². The van der Waals surface area contributed by atoms with Crippen molar-refractivity contribution in [3.8, 4) is 0 Å². The van der Waals surface area contributed by atoms with E-state index in [1.165, 1.54) is 0 Å². The van der Waals surface area contributed by atoms with E-state index in [0.29, 0.717) is 29.6 Å². The summed E-state index contributed by atoms with van der Waals surface area (Å²) < 4.78 is 1.78. The molecule has 1 aromatic carbocycles. The van der Waals surface area contributed by atoms with E-state index in [9.17, 15) is 14.4 Å². The summed E-state index contributed by atoms with van der Waals surface area (Å²) in [5, 5.41) is 5.84. The highest BCUT2D eigenvalue weighted by atomic mass is 16.2. The van der Waals surface area contributed by atoms with Gasteiger partial charge in [-0.25, -0.2) is 4.98 Å². The molecule has 0 saturated carbocycles. The van der Waals surface area contributed by atoms with Gasteiger partial charge in [-0.05, 0) is 37.5 Å². The zero-order chi connectivity index (χ0) is 19.2.